The lowest BCUT2D eigenvalue weighted by Crippen LogP contribution is -2.32. The third-order valence-electron chi connectivity index (χ3n) is 4.12. The van der Waals surface area contributed by atoms with Crippen molar-refractivity contribution in [3.05, 3.63) is 58.9 Å². The third kappa shape index (κ3) is 7.55. The lowest BCUT2D eigenvalue weighted by Gasteiger charge is -2.22. The number of rotatable bonds is 10. The molecule has 0 atom stereocenters. The zero-order valence-corrected chi connectivity index (χ0v) is 17.9. The Kier molecular flexibility index (Phi) is 8.28. The number of carbonyl (C=O) groups excluding carboxylic acids is 1. The van der Waals surface area contributed by atoms with Crippen molar-refractivity contribution < 1.29 is 22.3 Å². The molecule has 2 aromatic rings. The zero-order chi connectivity index (χ0) is 21.4. The average Bonchev–Trinajstić information content (AvgIpc) is 2.65. The second kappa shape index (κ2) is 10.5. The molecule has 0 unspecified atom stereocenters. The number of amides is 1. The second-order valence-corrected chi connectivity index (χ2v) is 8.84. The number of anilines is 1. The molecule has 0 aliphatic heterocycles. The highest BCUT2D eigenvalue weighted by molar-refractivity contribution is 7.92. The number of hydrogen-bond donors (Lipinski definition) is 1. The van der Waals surface area contributed by atoms with Gasteiger partial charge in [-0.25, -0.2) is 12.8 Å². The van der Waals surface area contributed by atoms with Gasteiger partial charge < -0.3 is 10.1 Å². The normalized spacial score (nSPS) is 11.2. The summed E-state index contributed by atoms with van der Waals surface area (Å²) in [5.41, 5.74) is 1.32. The molecule has 158 valence electrons. The van der Waals surface area contributed by atoms with E-state index in [2.05, 4.69) is 5.32 Å². The van der Waals surface area contributed by atoms with E-state index in [-0.39, 0.29) is 25.5 Å². The predicted octanol–water partition coefficient (Wildman–Crippen LogP) is 3.53. The van der Waals surface area contributed by atoms with Gasteiger partial charge >= 0.3 is 0 Å². The van der Waals surface area contributed by atoms with E-state index in [9.17, 15) is 17.6 Å². The summed E-state index contributed by atoms with van der Waals surface area (Å²) in [6, 6.07) is 10.6. The van der Waals surface area contributed by atoms with E-state index in [4.69, 9.17) is 16.3 Å². The van der Waals surface area contributed by atoms with Crippen LogP contribution in [0.1, 0.15) is 18.4 Å². The summed E-state index contributed by atoms with van der Waals surface area (Å²) < 4.78 is 43.7. The van der Waals surface area contributed by atoms with Crippen LogP contribution in [0.3, 0.4) is 0 Å². The van der Waals surface area contributed by atoms with E-state index < -0.39 is 15.8 Å². The Balaban J connectivity index is 1.74. The lowest BCUT2D eigenvalue weighted by atomic mass is 10.2. The van der Waals surface area contributed by atoms with Gasteiger partial charge in [-0.3, -0.25) is 9.10 Å². The van der Waals surface area contributed by atoms with Crippen molar-refractivity contribution in [3.63, 3.8) is 0 Å². The molecule has 0 heterocycles. The Morgan fingerprint density at radius 1 is 1.21 bits per heavy atom. The first-order valence-electron chi connectivity index (χ1n) is 9.06. The molecule has 0 aliphatic rings. The minimum absolute atomic E-state index is 0.121. The first-order chi connectivity index (χ1) is 13.7. The van der Waals surface area contributed by atoms with Crippen LogP contribution in [-0.4, -0.2) is 40.3 Å². The topological polar surface area (TPSA) is 75.7 Å². The Labute approximate surface area is 175 Å². The van der Waals surface area contributed by atoms with Crippen LogP contribution >= 0.6 is 11.6 Å². The van der Waals surface area contributed by atoms with E-state index >= 15 is 0 Å². The standard InChI is InChI=1S/C20H24ClFN2O4S/c1-15-5-10-18(14-19(15)21)28-13-11-23-20(25)4-3-12-24(29(2,26)27)17-8-6-16(22)7-9-17/h5-10,14H,3-4,11-13H2,1-2H3,(H,23,25). The van der Waals surface area contributed by atoms with Gasteiger partial charge in [-0.1, -0.05) is 17.7 Å². The van der Waals surface area contributed by atoms with Gasteiger partial charge in [0, 0.05) is 18.0 Å². The van der Waals surface area contributed by atoms with Crippen molar-refractivity contribution in [2.45, 2.75) is 19.8 Å². The number of halogens is 2. The van der Waals surface area contributed by atoms with Gasteiger partial charge in [0.2, 0.25) is 15.9 Å². The fourth-order valence-electron chi connectivity index (χ4n) is 2.59. The van der Waals surface area contributed by atoms with Crippen LogP contribution in [0.15, 0.2) is 42.5 Å². The van der Waals surface area contributed by atoms with Gasteiger partial charge in [-0.05, 0) is 55.3 Å². The summed E-state index contributed by atoms with van der Waals surface area (Å²) in [5, 5.41) is 3.34. The number of sulfonamides is 1. The number of nitrogens with zero attached hydrogens (tertiary/aromatic N) is 1. The van der Waals surface area contributed by atoms with Crippen LogP contribution in [0.25, 0.3) is 0 Å². The molecule has 0 aromatic heterocycles. The maximum Gasteiger partial charge on any atom is 0.232 e. The van der Waals surface area contributed by atoms with Crippen LogP contribution in [0.2, 0.25) is 5.02 Å². The summed E-state index contributed by atoms with van der Waals surface area (Å²) in [6.45, 7) is 2.62. The summed E-state index contributed by atoms with van der Waals surface area (Å²) >= 11 is 6.03. The summed E-state index contributed by atoms with van der Waals surface area (Å²) in [4.78, 5) is 12.0. The van der Waals surface area contributed by atoms with Crippen molar-refractivity contribution in [1.82, 2.24) is 5.32 Å². The number of aryl methyl sites for hydroxylation is 1. The zero-order valence-electron chi connectivity index (χ0n) is 16.3. The molecule has 29 heavy (non-hydrogen) atoms. The van der Waals surface area contributed by atoms with E-state index in [1.54, 1.807) is 12.1 Å². The minimum Gasteiger partial charge on any atom is -0.492 e. The molecule has 1 amide bonds. The number of hydrogen-bond acceptors (Lipinski definition) is 4. The molecule has 0 fully saturated rings. The van der Waals surface area contributed by atoms with Gasteiger partial charge in [0.1, 0.15) is 18.2 Å². The predicted molar refractivity (Wildman–Crippen MR) is 113 cm³/mol. The molecule has 6 nitrogen and oxygen atoms in total. The quantitative estimate of drug-likeness (QED) is 0.571. The minimum atomic E-state index is -3.54. The first-order valence-corrected chi connectivity index (χ1v) is 11.3. The van der Waals surface area contributed by atoms with Gasteiger partial charge in [0.25, 0.3) is 0 Å². The fourth-order valence-corrected chi connectivity index (χ4v) is 3.72. The van der Waals surface area contributed by atoms with Gasteiger partial charge in [-0.2, -0.15) is 0 Å². The molecule has 0 aliphatic carbocycles. The van der Waals surface area contributed by atoms with Gasteiger partial charge in [0.15, 0.2) is 0 Å². The Morgan fingerprint density at radius 3 is 2.52 bits per heavy atom. The summed E-state index contributed by atoms with van der Waals surface area (Å²) in [7, 11) is -3.54. The SMILES string of the molecule is Cc1ccc(OCCNC(=O)CCCN(c2ccc(F)cc2)S(C)(=O)=O)cc1Cl. The molecule has 0 radical (unpaired) electrons. The third-order valence-corrected chi connectivity index (χ3v) is 5.72. The largest absolute Gasteiger partial charge is 0.492 e. The van der Waals surface area contributed by atoms with Crippen molar-refractivity contribution in [2.75, 3.05) is 30.3 Å². The maximum atomic E-state index is 13.1. The molecular formula is C20H24ClFN2O4S. The molecule has 0 saturated heterocycles. The Morgan fingerprint density at radius 2 is 1.90 bits per heavy atom. The monoisotopic (exact) mass is 442 g/mol. The number of benzene rings is 2. The first kappa shape index (κ1) is 23.0. The Hall–Kier alpha value is -2.32. The fraction of sp³-hybridized carbons (Fsp3) is 0.350. The van der Waals surface area contributed by atoms with Crippen molar-refractivity contribution in [3.8, 4) is 5.75 Å². The van der Waals surface area contributed by atoms with Crippen LogP contribution in [-0.2, 0) is 14.8 Å². The highest BCUT2D eigenvalue weighted by Crippen LogP contribution is 2.21. The maximum absolute atomic E-state index is 13.1. The molecule has 1 N–H and O–H groups in total. The molecule has 2 aromatic carbocycles. The highest BCUT2D eigenvalue weighted by Gasteiger charge is 2.17. The summed E-state index contributed by atoms with van der Waals surface area (Å²) in [6.07, 6.45) is 1.55. The Bertz CT molecular complexity index is 936. The van der Waals surface area contributed by atoms with Crippen LogP contribution in [0.5, 0.6) is 5.75 Å². The van der Waals surface area contributed by atoms with Gasteiger partial charge in [-0.15, -0.1) is 0 Å². The van der Waals surface area contributed by atoms with Crippen LogP contribution in [0, 0.1) is 12.7 Å². The van der Waals surface area contributed by atoms with Crippen molar-refractivity contribution >= 4 is 33.2 Å². The van der Waals surface area contributed by atoms with Crippen molar-refractivity contribution in [2.24, 2.45) is 0 Å². The number of ether oxygens (including phenoxy) is 1. The van der Waals surface area contributed by atoms with E-state index in [0.717, 1.165) is 16.1 Å². The van der Waals surface area contributed by atoms with Gasteiger partial charge in [0.05, 0.1) is 18.5 Å². The second-order valence-electron chi connectivity index (χ2n) is 6.52. The molecule has 9 heteroatoms. The van der Waals surface area contributed by atoms with Crippen LogP contribution < -0.4 is 14.4 Å². The number of nitrogens with one attached hydrogen (secondary N) is 1. The van der Waals surface area contributed by atoms with E-state index in [1.165, 1.54) is 24.3 Å². The molecular weight excluding hydrogens is 419 g/mol. The average molecular weight is 443 g/mol. The van der Waals surface area contributed by atoms with E-state index in [1.807, 2.05) is 13.0 Å². The molecule has 0 bridgehead atoms. The molecule has 0 saturated carbocycles. The van der Waals surface area contributed by atoms with Crippen LogP contribution in [0.4, 0.5) is 10.1 Å². The highest BCUT2D eigenvalue weighted by atomic mass is 35.5. The molecule has 0 spiro atoms. The van der Waals surface area contributed by atoms with Crippen molar-refractivity contribution in [1.29, 1.82) is 0 Å². The molecule has 2 rings (SSSR count). The van der Waals surface area contributed by atoms with E-state index in [0.29, 0.717) is 29.4 Å². The lowest BCUT2D eigenvalue weighted by molar-refractivity contribution is -0.121. The summed E-state index contributed by atoms with van der Waals surface area (Å²) in [5.74, 6) is -0.0299. The smallest absolute Gasteiger partial charge is 0.232 e. The number of carbonyl (C=O) groups is 1.